The van der Waals surface area contributed by atoms with Gasteiger partial charge in [-0.15, -0.1) is 0 Å². The van der Waals surface area contributed by atoms with E-state index in [4.69, 9.17) is 0 Å². The molecule has 0 saturated carbocycles. The average Bonchev–Trinajstić information content (AvgIpc) is 2.34. The van der Waals surface area contributed by atoms with Crippen molar-refractivity contribution < 1.29 is 14.0 Å². The van der Waals surface area contributed by atoms with Crippen LogP contribution in [-0.4, -0.2) is 29.9 Å². The van der Waals surface area contributed by atoms with E-state index in [2.05, 4.69) is 5.32 Å². The summed E-state index contributed by atoms with van der Waals surface area (Å²) in [6.45, 7) is 2.74. The molecule has 2 rings (SSSR count). The van der Waals surface area contributed by atoms with Crippen LogP contribution >= 0.6 is 0 Å². The van der Waals surface area contributed by atoms with Gasteiger partial charge in [-0.1, -0.05) is 19.1 Å². The summed E-state index contributed by atoms with van der Waals surface area (Å²) in [7, 11) is 0. The van der Waals surface area contributed by atoms with Crippen LogP contribution in [0.3, 0.4) is 0 Å². The van der Waals surface area contributed by atoms with Gasteiger partial charge in [0, 0.05) is 13.1 Å². The van der Waals surface area contributed by atoms with E-state index >= 15 is 0 Å². The molecule has 96 valence electrons. The first-order valence-corrected chi connectivity index (χ1v) is 5.90. The highest BCUT2D eigenvalue weighted by Crippen LogP contribution is 2.10. The number of hydrogen-bond acceptors (Lipinski definition) is 2. The molecule has 0 radical (unpaired) electrons. The summed E-state index contributed by atoms with van der Waals surface area (Å²) in [5, 5.41) is 2.31. The summed E-state index contributed by atoms with van der Waals surface area (Å²) in [5.74, 6) is -0.678. The van der Waals surface area contributed by atoms with Crippen LogP contribution in [0, 0.1) is 11.7 Å². The van der Waals surface area contributed by atoms with Crippen molar-refractivity contribution in [1.82, 2.24) is 10.2 Å². The molecule has 1 heterocycles. The molecule has 0 aromatic heterocycles. The molecule has 5 heteroatoms. The topological polar surface area (TPSA) is 49.4 Å². The van der Waals surface area contributed by atoms with Crippen LogP contribution in [0.2, 0.25) is 0 Å². The fourth-order valence-electron chi connectivity index (χ4n) is 1.91. The SMILES string of the molecule is CC1CN(CCc2ccc(F)cc2)C(=O)NC1=O. The normalized spacial score (nSPS) is 19.9. The third kappa shape index (κ3) is 2.85. The van der Waals surface area contributed by atoms with Crippen LogP contribution in [0.4, 0.5) is 9.18 Å². The maximum Gasteiger partial charge on any atom is 0.324 e. The van der Waals surface area contributed by atoms with E-state index in [-0.39, 0.29) is 23.7 Å². The lowest BCUT2D eigenvalue weighted by Gasteiger charge is -2.30. The molecular formula is C13H15FN2O2. The van der Waals surface area contributed by atoms with E-state index in [1.54, 1.807) is 24.0 Å². The minimum Gasteiger partial charge on any atom is -0.323 e. The zero-order chi connectivity index (χ0) is 13.1. The van der Waals surface area contributed by atoms with E-state index in [1.165, 1.54) is 12.1 Å². The molecule has 1 atom stereocenters. The number of carbonyl (C=O) groups excluding carboxylic acids is 2. The molecule has 1 N–H and O–H groups in total. The molecule has 3 amide bonds. The van der Waals surface area contributed by atoms with Crippen LogP contribution in [0.5, 0.6) is 0 Å². The Morgan fingerprint density at radius 3 is 2.67 bits per heavy atom. The Balaban J connectivity index is 1.92. The Bertz CT molecular complexity index is 459. The Morgan fingerprint density at radius 2 is 2.00 bits per heavy atom. The number of amides is 3. The number of imide groups is 1. The van der Waals surface area contributed by atoms with Gasteiger partial charge in [0.25, 0.3) is 0 Å². The first kappa shape index (κ1) is 12.5. The quantitative estimate of drug-likeness (QED) is 0.885. The molecule has 1 aliphatic heterocycles. The van der Waals surface area contributed by atoms with Crippen molar-refractivity contribution in [1.29, 1.82) is 0 Å². The standard InChI is InChI=1S/C13H15FN2O2/c1-9-8-16(13(18)15-12(9)17)7-6-10-2-4-11(14)5-3-10/h2-5,9H,6-8H2,1H3,(H,15,17,18). The minimum absolute atomic E-state index is 0.184. The lowest BCUT2D eigenvalue weighted by atomic mass is 10.1. The van der Waals surface area contributed by atoms with Gasteiger partial charge in [0.2, 0.25) is 5.91 Å². The predicted molar refractivity (Wildman–Crippen MR) is 64.4 cm³/mol. The Hall–Kier alpha value is -1.91. The van der Waals surface area contributed by atoms with E-state index < -0.39 is 0 Å². The lowest BCUT2D eigenvalue weighted by Crippen LogP contribution is -2.54. The van der Waals surface area contributed by atoms with Crippen molar-refractivity contribution in [2.24, 2.45) is 5.92 Å². The summed E-state index contributed by atoms with van der Waals surface area (Å²) in [6, 6.07) is 5.85. The molecule has 1 unspecified atom stereocenters. The monoisotopic (exact) mass is 250 g/mol. The summed E-state index contributed by atoms with van der Waals surface area (Å²) in [5.41, 5.74) is 0.966. The van der Waals surface area contributed by atoms with Gasteiger partial charge in [-0.25, -0.2) is 9.18 Å². The molecule has 1 aromatic carbocycles. The molecule has 1 fully saturated rings. The minimum atomic E-state index is -0.347. The zero-order valence-electron chi connectivity index (χ0n) is 10.1. The molecular weight excluding hydrogens is 235 g/mol. The molecule has 1 aromatic rings. The van der Waals surface area contributed by atoms with Crippen LogP contribution in [0.15, 0.2) is 24.3 Å². The number of nitrogens with zero attached hydrogens (tertiary/aromatic N) is 1. The third-order valence-corrected chi connectivity index (χ3v) is 3.04. The second-order valence-corrected chi connectivity index (χ2v) is 4.52. The fourth-order valence-corrected chi connectivity index (χ4v) is 1.91. The second kappa shape index (κ2) is 5.16. The van der Waals surface area contributed by atoms with Gasteiger partial charge in [0.05, 0.1) is 5.92 Å². The van der Waals surface area contributed by atoms with Crippen LogP contribution in [0.1, 0.15) is 12.5 Å². The number of halogens is 1. The molecule has 0 aliphatic carbocycles. The molecule has 4 nitrogen and oxygen atoms in total. The average molecular weight is 250 g/mol. The fraction of sp³-hybridized carbons (Fsp3) is 0.385. The summed E-state index contributed by atoms with van der Waals surface area (Å²) in [4.78, 5) is 24.4. The molecule has 0 spiro atoms. The highest BCUT2D eigenvalue weighted by molar-refractivity contribution is 5.97. The van der Waals surface area contributed by atoms with E-state index in [9.17, 15) is 14.0 Å². The predicted octanol–water partition coefficient (Wildman–Crippen LogP) is 1.56. The summed E-state index contributed by atoms with van der Waals surface area (Å²) >= 11 is 0. The van der Waals surface area contributed by atoms with E-state index in [1.807, 2.05) is 0 Å². The van der Waals surface area contributed by atoms with Gasteiger partial charge in [-0.3, -0.25) is 10.1 Å². The Morgan fingerprint density at radius 1 is 1.33 bits per heavy atom. The zero-order valence-corrected chi connectivity index (χ0v) is 10.1. The van der Waals surface area contributed by atoms with Crippen LogP contribution < -0.4 is 5.32 Å². The largest absolute Gasteiger partial charge is 0.324 e. The van der Waals surface area contributed by atoms with Crippen molar-refractivity contribution >= 4 is 11.9 Å². The molecule has 1 saturated heterocycles. The van der Waals surface area contributed by atoms with Crippen molar-refractivity contribution in [3.05, 3.63) is 35.6 Å². The first-order chi connectivity index (χ1) is 8.56. The van der Waals surface area contributed by atoms with Gasteiger partial charge >= 0.3 is 6.03 Å². The number of nitrogens with one attached hydrogen (secondary N) is 1. The van der Waals surface area contributed by atoms with E-state index in [0.717, 1.165) is 5.56 Å². The summed E-state index contributed by atoms with van der Waals surface area (Å²) < 4.78 is 12.7. The Kier molecular flexibility index (Phi) is 3.60. The van der Waals surface area contributed by atoms with Gasteiger partial charge in [-0.05, 0) is 24.1 Å². The second-order valence-electron chi connectivity index (χ2n) is 4.52. The highest BCUT2D eigenvalue weighted by atomic mass is 19.1. The first-order valence-electron chi connectivity index (χ1n) is 5.90. The maximum absolute atomic E-state index is 12.7. The molecule has 18 heavy (non-hydrogen) atoms. The number of benzene rings is 1. The van der Waals surface area contributed by atoms with Crippen molar-refractivity contribution in [3.63, 3.8) is 0 Å². The maximum atomic E-state index is 12.7. The third-order valence-electron chi connectivity index (χ3n) is 3.04. The number of urea groups is 1. The Labute approximate surface area is 105 Å². The van der Waals surface area contributed by atoms with Gasteiger partial charge in [0.1, 0.15) is 5.82 Å². The molecule has 1 aliphatic rings. The lowest BCUT2D eigenvalue weighted by molar-refractivity contribution is -0.125. The van der Waals surface area contributed by atoms with Gasteiger partial charge in [-0.2, -0.15) is 0 Å². The smallest absolute Gasteiger partial charge is 0.323 e. The summed E-state index contributed by atoms with van der Waals surface area (Å²) in [6.07, 6.45) is 0.647. The van der Waals surface area contributed by atoms with Gasteiger partial charge in [0.15, 0.2) is 0 Å². The molecule has 0 bridgehead atoms. The van der Waals surface area contributed by atoms with Crippen molar-refractivity contribution in [3.8, 4) is 0 Å². The van der Waals surface area contributed by atoms with Crippen LogP contribution in [-0.2, 0) is 11.2 Å². The number of carbonyl (C=O) groups is 2. The number of hydrogen-bond donors (Lipinski definition) is 1. The van der Waals surface area contributed by atoms with Crippen molar-refractivity contribution in [2.75, 3.05) is 13.1 Å². The van der Waals surface area contributed by atoms with E-state index in [0.29, 0.717) is 19.5 Å². The number of rotatable bonds is 3. The highest BCUT2D eigenvalue weighted by Gasteiger charge is 2.28. The van der Waals surface area contributed by atoms with Crippen molar-refractivity contribution in [2.45, 2.75) is 13.3 Å². The van der Waals surface area contributed by atoms with Crippen LogP contribution in [0.25, 0.3) is 0 Å². The van der Waals surface area contributed by atoms with Gasteiger partial charge < -0.3 is 4.90 Å².